The van der Waals surface area contributed by atoms with Crippen LogP contribution in [0.3, 0.4) is 0 Å². The Hall–Kier alpha value is -1.75. The molecule has 0 saturated carbocycles. The summed E-state index contributed by atoms with van der Waals surface area (Å²) >= 11 is 0. The molecule has 0 spiro atoms. The van der Waals surface area contributed by atoms with Gasteiger partial charge >= 0.3 is 0 Å². The molecule has 1 atom stereocenters. The number of carbonyl (C=O) groups excluding carboxylic acids is 1. The van der Waals surface area contributed by atoms with Gasteiger partial charge in [0.25, 0.3) is 0 Å². The summed E-state index contributed by atoms with van der Waals surface area (Å²) in [5, 5.41) is 2.92. The lowest BCUT2D eigenvalue weighted by Gasteiger charge is -2.25. The number of carbonyl (C=O) groups is 1. The Kier molecular flexibility index (Phi) is 5.63. The zero-order chi connectivity index (χ0) is 14.3. The van der Waals surface area contributed by atoms with Crippen LogP contribution < -0.4 is 20.5 Å². The van der Waals surface area contributed by atoms with Crippen LogP contribution in [-0.2, 0) is 4.79 Å². The molecule has 0 aliphatic carbocycles. The van der Waals surface area contributed by atoms with Gasteiger partial charge in [-0.3, -0.25) is 4.79 Å². The first-order valence-corrected chi connectivity index (χ1v) is 6.37. The molecule has 5 heteroatoms. The Morgan fingerprint density at radius 1 is 1.32 bits per heavy atom. The van der Waals surface area contributed by atoms with Crippen molar-refractivity contribution in [1.82, 2.24) is 5.32 Å². The summed E-state index contributed by atoms with van der Waals surface area (Å²) in [6.07, 6.45) is 0.485. The Bertz CT molecular complexity index is 423. The standard InChI is InChI=1S/C14H22N2O3/c1-4-18-11-7-5-6-8-12(11)19-10-9-14(2,16-3)13(15)17/h5-8,16H,4,9-10H2,1-3H3,(H2,15,17). The van der Waals surface area contributed by atoms with Crippen LogP contribution in [0.5, 0.6) is 11.5 Å². The monoisotopic (exact) mass is 266 g/mol. The number of primary amides is 1. The molecule has 0 heterocycles. The first-order valence-electron chi connectivity index (χ1n) is 6.37. The van der Waals surface area contributed by atoms with Crippen LogP contribution in [0, 0.1) is 0 Å². The fraction of sp³-hybridized carbons (Fsp3) is 0.500. The fourth-order valence-electron chi connectivity index (χ4n) is 1.58. The first kappa shape index (κ1) is 15.3. The lowest BCUT2D eigenvalue weighted by atomic mass is 9.98. The number of hydrogen-bond donors (Lipinski definition) is 2. The molecule has 0 fully saturated rings. The second-order valence-corrected chi connectivity index (χ2v) is 4.42. The van der Waals surface area contributed by atoms with Gasteiger partial charge in [0.2, 0.25) is 5.91 Å². The van der Waals surface area contributed by atoms with Crippen molar-refractivity contribution in [3.63, 3.8) is 0 Å². The van der Waals surface area contributed by atoms with Gasteiger partial charge in [-0.1, -0.05) is 12.1 Å². The van der Waals surface area contributed by atoms with E-state index in [-0.39, 0.29) is 0 Å². The van der Waals surface area contributed by atoms with E-state index in [1.54, 1.807) is 14.0 Å². The molecule has 0 radical (unpaired) electrons. The third kappa shape index (κ3) is 4.13. The van der Waals surface area contributed by atoms with E-state index in [1.165, 1.54) is 0 Å². The third-order valence-electron chi connectivity index (χ3n) is 3.10. The Morgan fingerprint density at radius 3 is 2.37 bits per heavy atom. The lowest BCUT2D eigenvalue weighted by molar-refractivity contribution is -0.124. The molecular weight excluding hydrogens is 244 g/mol. The Balaban J connectivity index is 2.60. The number of amides is 1. The van der Waals surface area contributed by atoms with Gasteiger partial charge in [-0.15, -0.1) is 0 Å². The van der Waals surface area contributed by atoms with Crippen LogP contribution in [0.4, 0.5) is 0 Å². The van der Waals surface area contributed by atoms with E-state index in [2.05, 4.69) is 5.32 Å². The van der Waals surface area contributed by atoms with E-state index < -0.39 is 11.4 Å². The summed E-state index contributed by atoms with van der Waals surface area (Å²) in [5.74, 6) is 0.985. The molecule has 1 amide bonds. The molecule has 0 aliphatic heterocycles. The number of nitrogens with one attached hydrogen (secondary N) is 1. The second-order valence-electron chi connectivity index (χ2n) is 4.42. The van der Waals surface area contributed by atoms with Gasteiger partial charge in [-0.25, -0.2) is 0 Å². The van der Waals surface area contributed by atoms with Gasteiger partial charge in [0.15, 0.2) is 11.5 Å². The van der Waals surface area contributed by atoms with Crippen LogP contribution in [-0.4, -0.2) is 31.7 Å². The van der Waals surface area contributed by atoms with Gasteiger partial charge < -0.3 is 20.5 Å². The summed E-state index contributed by atoms with van der Waals surface area (Å²) in [7, 11) is 1.71. The molecule has 3 N–H and O–H groups in total. The molecule has 0 bridgehead atoms. The Morgan fingerprint density at radius 2 is 1.89 bits per heavy atom. The normalized spacial score (nSPS) is 13.6. The van der Waals surface area contributed by atoms with E-state index in [0.717, 1.165) is 0 Å². The minimum absolute atomic E-state index is 0.379. The highest BCUT2D eigenvalue weighted by molar-refractivity contribution is 5.84. The largest absolute Gasteiger partial charge is 0.490 e. The maximum absolute atomic E-state index is 11.3. The van der Waals surface area contributed by atoms with Crippen LogP contribution in [0.2, 0.25) is 0 Å². The molecule has 1 rings (SSSR count). The smallest absolute Gasteiger partial charge is 0.237 e. The molecular formula is C14H22N2O3. The SMILES string of the molecule is CCOc1ccccc1OCCC(C)(NC)C(N)=O. The molecule has 106 valence electrons. The van der Waals surface area contributed by atoms with Gasteiger partial charge in [0.05, 0.1) is 18.8 Å². The van der Waals surface area contributed by atoms with Crippen molar-refractivity contribution in [2.45, 2.75) is 25.8 Å². The van der Waals surface area contributed by atoms with Crippen molar-refractivity contribution in [1.29, 1.82) is 0 Å². The zero-order valence-electron chi connectivity index (χ0n) is 11.7. The second kappa shape index (κ2) is 6.99. The highest BCUT2D eigenvalue weighted by Gasteiger charge is 2.28. The number of nitrogens with two attached hydrogens (primary N) is 1. The molecule has 1 aromatic carbocycles. The van der Waals surface area contributed by atoms with Crippen LogP contribution in [0.25, 0.3) is 0 Å². The highest BCUT2D eigenvalue weighted by Crippen LogP contribution is 2.26. The van der Waals surface area contributed by atoms with Gasteiger partial charge in [-0.05, 0) is 33.0 Å². The summed E-state index contributed by atoms with van der Waals surface area (Å²) in [4.78, 5) is 11.3. The number of likely N-dealkylation sites (N-methyl/N-ethyl adjacent to an activating group) is 1. The number of ether oxygens (including phenoxy) is 2. The molecule has 0 aliphatic rings. The van der Waals surface area contributed by atoms with Gasteiger partial charge in [-0.2, -0.15) is 0 Å². The van der Waals surface area contributed by atoms with Crippen molar-refractivity contribution in [3.05, 3.63) is 24.3 Å². The molecule has 1 unspecified atom stereocenters. The van der Waals surface area contributed by atoms with Crippen molar-refractivity contribution in [2.24, 2.45) is 5.73 Å². The average Bonchev–Trinajstić information content (AvgIpc) is 2.40. The predicted octanol–water partition coefficient (Wildman–Crippen LogP) is 1.32. The van der Waals surface area contributed by atoms with Crippen LogP contribution in [0.1, 0.15) is 20.3 Å². The van der Waals surface area contributed by atoms with E-state index >= 15 is 0 Å². The number of benzene rings is 1. The van der Waals surface area contributed by atoms with E-state index in [0.29, 0.717) is 31.1 Å². The van der Waals surface area contributed by atoms with Gasteiger partial charge in [0.1, 0.15) is 0 Å². The molecule has 19 heavy (non-hydrogen) atoms. The van der Waals surface area contributed by atoms with E-state index in [4.69, 9.17) is 15.2 Å². The van der Waals surface area contributed by atoms with Gasteiger partial charge in [0, 0.05) is 6.42 Å². The highest BCUT2D eigenvalue weighted by atomic mass is 16.5. The minimum atomic E-state index is -0.763. The average molecular weight is 266 g/mol. The molecule has 0 saturated heterocycles. The minimum Gasteiger partial charge on any atom is -0.490 e. The maximum Gasteiger partial charge on any atom is 0.237 e. The summed E-state index contributed by atoms with van der Waals surface area (Å²) in [5.41, 5.74) is 4.59. The van der Waals surface area contributed by atoms with Crippen LogP contribution in [0.15, 0.2) is 24.3 Å². The van der Waals surface area contributed by atoms with Crippen molar-refractivity contribution in [2.75, 3.05) is 20.3 Å². The molecule has 1 aromatic rings. The summed E-state index contributed by atoms with van der Waals surface area (Å²) in [6, 6.07) is 7.46. The van der Waals surface area contributed by atoms with Crippen molar-refractivity contribution in [3.8, 4) is 11.5 Å². The first-order chi connectivity index (χ1) is 9.03. The third-order valence-corrected chi connectivity index (χ3v) is 3.10. The lowest BCUT2D eigenvalue weighted by Crippen LogP contribution is -2.52. The summed E-state index contributed by atoms with van der Waals surface area (Å²) in [6.45, 7) is 4.63. The van der Waals surface area contributed by atoms with E-state index in [9.17, 15) is 4.79 Å². The zero-order valence-corrected chi connectivity index (χ0v) is 11.7. The van der Waals surface area contributed by atoms with Crippen molar-refractivity contribution < 1.29 is 14.3 Å². The Labute approximate surface area is 114 Å². The topological polar surface area (TPSA) is 73.6 Å². The number of hydrogen-bond acceptors (Lipinski definition) is 4. The number of para-hydroxylation sites is 2. The van der Waals surface area contributed by atoms with Crippen molar-refractivity contribution >= 4 is 5.91 Å². The van der Waals surface area contributed by atoms with Crippen LogP contribution >= 0.6 is 0 Å². The fourth-order valence-corrected chi connectivity index (χ4v) is 1.58. The predicted molar refractivity (Wildman–Crippen MR) is 74.4 cm³/mol. The quantitative estimate of drug-likeness (QED) is 0.744. The summed E-state index contributed by atoms with van der Waals surface area (Å²) < 4.78 is 11.1. The number of rotatable bonds is 8. The maximum atomic E-state index is 11.3. The van der Waals surface area contributed by atoms with E-state index in [1.807, 2.05) is 31.2 Å². The molecule has 0 aromatic heterocycles. The molecule has 5 nitrogen and oxygen atoms in total.